The number of aliphatic hydroxyl groups is 1. The van der Waals surface area contributed by atoms with E-state index in [1.807, 2.05) is 25.2 Å². The number of para-hydroxylation sites is 1. The number of likely N-dealkylation sites (N-methyl/N-ethyl adjacent to an activating group) is 1. The van der Waals surface area contributed by atoms with Crippen molar-refractivity contribution in [3.63, 3.8) is 0 Å². The molecule has 0 spiro atoms. The molecule has 0 saturated carbocycles. The van der Waals surface area contributed by atoms with Crippen molar-refractivity contribution in [2.45, 2.75) is 40.0 Å². The third-order valence-corrected chi connectivity index (χ3v) is 4.21. The van der Waals surface area contributed by atoms with Gasteiger partial charge < -0.3 is 20.1 Å². The molecule has 26 heavy (non-hydrogen) atoms. The van der Waals surface area contributed by atoms with Gasteiger partial charge in [-0.25, -0.2) is 0 Å². The van der Waals surface area contributed by atoms with Crippen LogP contribution in [0.5, 0.6) is 5.75 Å². The minimum atomic E-state index is 0. The smallest absolute Gasteiger partial charge is 0.193 e. The number of nitrogens with one attached hydrogen (secondary N) is 1. The first-order valence-electron chi connectivity index (χ1n) is 9.41. The van der Waals surface area contributed by atoms with E-state index in [0.717, 1.165) is 56.2 Å². The second-order valence-electron chi connectivity index (χ2n) is 6.40. The van der Waals surface area contributed by atoms with E-state index in [2.05, 4.69) is 37.1 Å². The third kappa shape index (κ3) is 9.62. The molecular formula is C20H36IN3O2. The normalized spacial score (nSPS) is 12.3. The van der Waals surface area contributed by atoms with Crippen LogP contribution >= 0.6 is 24.0 Å². The molecule has 0 heterocycles. The van der Waals surface area contributed by atoms with Crippen molar-refractivity contribution in [2.24, 2.45) is 10.9 Å². The molecule has 0 aromatic heterocycles. The first kappa shape index (κ1) is 25.0. The molecule has 0 aliphatic rings. The standard InChI is InChI=1S/C20H35N3O2.HI/c1-5-9-18(12-14-24)16-22-20(21-6-2)23(4)13-15-25-19-11-8-7-10-17(19)3;/h7-8,10-11,18,24H,5-6,9,12-16H2,1-4H3,(H,21,22);1H. The summed E-state index contributed by atoms with van der Waals surface area (Å²) in [7, 11) is 2.03. The molecule has 0 amide bonds. The Morgan fingerprint density at radius 3 is 2.62 bits per heavy atom. The van der Waals surface area contributed by atoms with Crippen LogP contribution in [0.15, 0.2) is 29.3 Å². The minimum absolute atomic E-state index is 0. The highest BCUT2D eigenvalue weighted by Gasteiger charge is 2.10. The topological polar surface area (TPSA) is 57.1 Å². The fourth-order valence-electron chi connectivity index (χ4n) is 2.72. The molecule has 0 saturated heterocycles. The van der Waals surface area contributed by atoms with Crippen LogP contribution in [0.3, 0.4) is 0 Å². The number of benzene rings is 1. The summed E-state index contributed by atoms with van der Waals surface area (Å²) in [6.07, 6.45) is 3.04. The Morgan fingerprint density at radius 1 is 1.27 bits per heavy atom. The molecule has 2 N–H and O–H groups in total. The van der Waals surface area contributed by atoms with Gasteiger partial charge in [0.15, 0.2) is 5.96 Å². The Morgan fingerprint density at radius 2 is 2.00 bits per heavy atom. The van der Waals surface area contributed by atoms with Gasteiger partial charge >= 0.3 is 0 Å². The van der Waals surface area contributed by atoms with E-state index in [4.69, 9.17) is 9.73 Å². The van der Waals surface area contributed by atoms with Crippen molar-refractivity contribution in [3.8, 4) is 5.75 Å². The number of nitrogens with zero attached hydrogens (tertiary/aromatic N) is 2. The maximum atomic E-state index is 9.20. The van der Waals surface area contributed by atoms with Crippen molar-refractivity contribution in [2.75, 3.05) is 39.9 Å². The maximum absolute atomic E-state index is 9.20. The Hall–Kier alpha value is -1.02. The molecule has 150 valence electrons. The highest BCUT2D eigenvalue weighted by atomic mass is 127. The second kappa shape index (κ2) is 15.1. The van der Waals surface area contributed by atoms with Gasteiger partial charge in [0, 0.05) is 26.7 Å². The van der Waals surface area contributed by atoms with Crippen LogP contribution in [0.4, 0.5) is 0 Å². The molecular weight excluding hydrogens is 441 g/mol. The molecule has 1 rings (SSSR count). The average molecular weight is 477 g/mol. The van der Waals surface area contributed by atoms with Gasteiger partial charge in [-0.15, -0.1) is 24.0 Å². The zero-order valence-electron chi connectivity index (χ0n) is 16.7. The summed E-state index contributed by atoms with van der Waals surface area (Å²) in [5.41, 5.74) is 1.15. The van der Waals surface area contributed by atoms with Crippen LogP contribution in [0.2, 0.25) is 0 Å². The summed E-state index contributed by atoms with van der Waals surface area (Å²) in [6, 6.07) is 8.06. The number of ether oxygens (including phenoxy) is 1. The predicted octanol–water partition coefficient (Wildman–Crippen LogP) is 3.69. The van der Waals surface area contributed by atoms with Gasteiger partial charge in [0.05, 0.1) is 6.54 Å². The molecule has 5 nitrogen and oxygen atoms in total. The van der Waals surface area contributed by atoms with E-state index in [1.165, 1.54) is 0 Å². The van der Waals surface area contributed by atoms with Gasteiger partial charge in [0.25, 0.3) is 0 Å². The van der Waals surface area contributed by atoms with Crippen LogP contribution in [0.25, 0.3) is 0 Å². The number of hydrogen-bond acceptors (Lipinski definition) is 3. The van der Waals surface area contributed by atoms with Crippen LogP contribution in [0.1, 0.15) is 38.7 Å². The van der Waals surface area contributed by atoms with Gasteiger partial charge in [0.1, 0.15) is 12.4 Å². The number of guanidine groups is 1. The number of rotatable bonds is 11. The fourth-order valence-corrected chi connectivity index (χ4v) is 2.72. The summed E-state index contributed by atoms with van der Waals surface area (Å²) in [4.78, 5) is 6.86. The molecule has 0 fully saturated rings. The van der Waals surface area contributed by atoms with E-state index in [1.54, 1.807) is 0 Å². The molecule has 1 aromatic carbocycles. The van der Waals surface area contributed by atoms with Crippen molar-refractivity contribution >= 4 is 29.9 Å². The molecule has 1 atom stereocenters. The van der Waals surface area contributed by atoms with E-state index in [-0.39, 0.29) is 30.6 Å². The molecule has 1 aromatic rings. The van der Waals surface area contributed by atoms with Gasteiger partial charge in [-0.1, -0.05) is 31.5 Å². The van der Waals surface area contributed by atoms with Crippen molar-refractivity contribution < 1.29 is 9.84 Å². The van der Waals surface area contributed by atoms with Crippen molar-refractivity contribution in [1.82, 2.24) is 10.2 Å². The monoisotopic (exact) mass is 477 g/mol. The summed E-state index contributed by atoms with van der Waals surface area (Å²) in [5, 5.41) is 12.5. The maximum Gasteiger partial charge on any atom is 0.193 e. The zero-order chi connectivity index (χ0) is 18.5. The lowest BCUT2D eigenvalue weighted by molar-refractivity contribution is 0.253. The molecule has 0 aliphatic carbocycles. The van der Waals surface area contributed by atoms with E-state index < -0.39 is 0 Å². The van der Waals surface area contributed by atoms with E-state index in [0.29, 0.717) is 12.5 Å². The van der Waals surface area contributed by atoms with Crippen LogP contribution in [0, 0.1) is 12.8 Å². The largest absolute Gasteiger partial charge is 0.491 e. The highest BCUT2D eigenvalue weighted by molar-refractivity contribution is 14.0. The average Bonchev–Trinajstić information content (AvgIpc) is 2.60. The lowest BCUT2D eigenvalue weighted by atomic mass is 10.0. The number of aliphatic imine (C=N–C) groups is 1. The van der Waals surface area contributed by atoms with Crippen molar-refractivity contribution in [3.05, 3.63) is 29.8 Å². The molecule has 0 bridgehead atoms. The number of aliphatic hydroxyl groups excluding tert-OH is 1. The first-order valence-corrected chi connectivity index (χ1v) is 9.41. The molecule has 0 radical (unpaired) electrons. The highest BCUT2D eigenvalue weighted by Crippen LogP contribution is 2.16. The number of aryl methyl sites for hydroxylation is 1. The fraction of sp³-hybridized carbons (Fsp3) is 0.650. The summed E-state index contributed by atoms with van der Waals surface area (Å²) < 4.78 is 5.88. The minimum Gasteiger partial charge on any atom is -0.491 e. The van der Waals surface area contributed by atoms with Crippen LogP contribution in [-0.2, 0) is 0 Å². The quantitative estimate of drug-likeness (QED) is 0.290. The lowest BCUT2D eigenvalue weighted by Crippen LogP contribution is -2.41. The Bertz CT molecular complexity index is 506. The Labute approximate surface area is 176 Å². The van der Waals surface area contributed by atoms with E-state index in [9.17, 15) is 5.11 Å². The van der Waals surface area contributed by atoms with Crippen LogP contribution in [-0.4, -0.2) is 55.9 Å². The van der Waals surface area contributed by atoms with Gasteiger partial charge in [-0.05, 0) is 44.2 Å². The lowest BCUT2D eigenvalue weighted by Gasteiger charge is -2.23. The second-order valence-corrected chi connectivity index (χ2v) is 6.40. The number of halogens is 1. The SMILES string of the molecule is CCCC(CCO)CN=C(NCC)N(C)CCOc1ccccc1C.I. The molecule has 0 aliphatic heterocycles. The molecule has 1 unspecified atom stereocenters. The summed E-state index contributed by atoms with van der Waals surface area (Å²) in [6.45, 7) is 9.49. The summed E-state index contributed by atoms with van der Waals surface area (Å²) in [5.74, 6) is 2.28. The Balaban J connectivity index is 0.00000625. The molecule has 6 heteroatoms. The first-order chi connectivity index (χ1) is 12.1. The third-order valence-electron chi connectivity index (χ3n) is 4.21. The Kier molecular flexibility index (Phi) is 14.5. The van der Waals surface area contributed by atoms with Gasteiger partial charge in [-0.3, -0.25) is 4.99 Å². The van der Waals surface area contributed by atoms with Crippen molar-refractivity contribution in [1.29, 1.82) is 0 Å². The number of hydrogen-bond donors (Lipinski definition) is 2. The van der Waals surface area contributed by atoms with E-state index >= 15 is 0 Å². The van der Waals surface area contributed by atoms with Crippen LogP contribution < -0.4 is 10.1 Å². The van der Waals surface area contributed by atoms with Gasteiger partial charge in [-0.2, -0.15) is 0 Å². The predicted molar refractivity (Wildman–Crippen MR) is 121 cm³/mol. The summed E-state index contributed by atoms with van der Waals surface area (Å²) >= 11 is 0. The zero-order valence-corrected chi connectivity index (χ0v) is 19.0. The van der Waals surface area contributed by atoms with Gasteiger partial charge in [0.2, 0.25) is 0 Å².